The van der Waals surface area contributed by atoms with Gasteiger partial charge in [0.1, 0.15) is 49.3 Å². The van der Waals surface area contributed by atoms with Gasteiger partial charge in [-0.15, -0.1) is 0 Å². The van der Waals surface area contributed by atoms with Crippen molar-refractivity contribution in [2.75, 3.05) is 52.5 Å². The molecule has 6 aliphatic rings. The second-order valence-electron chi connectivity index (χ2n) is 25.6. The number of hydrogen-bond acceptors (Lipinski definition) is 14. The number of nitrogens with zero attached hydrogens (tertiary/aromatic N) is 2. The van der Waals surface area contributed by atoms with Crippen LogP contribution in [0.1, 0.15) is 255 Å². The van der Waals surface area contributed by atoms with Crippen LogP contribution in [0.15, 0.2) is 56.7 Å². The molecule has 3 atom stereocenters. The lowest BCUT2D eigenvalue weighted by Crippen LogP contribution is -2.46. The van der Waals surface area contributed by atoms with Gasteiger partial charge >= 0.3 is 20.1 Å². The lowest BCUT2D eigenvalue weighted by molar-refractivity contribution is -0.245. The van der Waals surface area contributed by atoms with Gasteiger partial charge in [-0.3, -0.25) is 14.1 Å². The van der Waals surface area contributed by atoms with Gasteiger partial charge in [-0.05, 0) is 81.6 Å². The van der Waals surface area contributed by atoms with Crippen LogP contribution in [0.4, 0.5) is 0 Å². The van der Waals surface area contributed by atoms with E-state index in [-0.39, 0.29) is 24.3 Å². The van der Waals surface area contributed by atoms with Crippen LogP contribution in [-0.2, 0) is 61.1 Å². The molecule has 3 N–H and O–H groups in total. The molecule has 0 radical (unpaired) electrons. The molecule has 5 heterocycles. The molecule has 2 unspecified atom stereocenters. The highest BCUT2D eigenvalue weighted by molar-refractivity contribution is 7.89. The van der Waals surface area contributed by atoms with E-state index in [1.165, 1.54) is 138 Å². The zero-order valence-electron chi connectivity index (χ0n) is 53.2. The van der Waals surface area contributed by atoms with Crippen molar-refractivity contribution < 1.29 is 64.0 Å². The molecule has 2 aromatic rings. The first-order chi connectivity index (χ1) is 42.6. The first-order valence-corrected chi connectivity index (χ1v) is 38.8. The van der Waals surface area contributed by atoms with Gasteiger partial charge in [0.2, 0.25) is 15.4 Å². The number of carbonyl (C=O) groups excluding carboxylic acids is 2. The minimum atomic E-state index is -5.05. The SMILES string of the molecule is CCCCCCCCCCCCCCCC(=O)OC[C@H](CO[P+]([O-])(O)OCCNS(=O)(=O)c1ccc(C2=c3cc4c5c(c3OC3=C2CC2=C6C3CCCN6CCC2)CCC[N+]=5CCC4)c(S(=O)(=O)O)c1)OC(=O)CCCCCCCCCCCCCCC. The summed E-state index contributed by atoms with van der Waals surface area (Å²) in [4.78, 5) is 51.5. The average molecular weight is 1280 g/mol. The molecule has 88 heavy (non-hydrogen) atoms. The molecule has 5 aliphatic heterocycles. The summed E-state index contributed by atoms with van der Waals surface area (Å²) in [6.07, 6.45) is 37.1. The summed E-state index contributed by atoms with van der Waals surface area (Å²) in [6.45, 7) is 6.09. The van der Waals surface area contributed by atoms with E-state index in [0.717, 1.165) is 156 Å². The van der Waals surface area contributed by atoms with Crippen LogP contribution in [0.3, 0.4) is 0 Å². The Morgan fingerprint density at radius 3 is 1.92 bits per heavy atom. The largest absolute Gasteiger partial charge is 0.606 e. The number of phosphoric acid groups is 1. The maximum Gasteiger partial charge on any atom is 0.376 e. The van der Waals surface area contributed by atoms with E-state index in [4.69, 9.17) is 23.3 Å². The van der Waals surface area contributed by atoms with Gasteiger partial charge < -0.3 is 24.0 Å². The van der Waals surface area contributed by atoms with Crippen LogP contribution >= 0.6 is 8.17 Å². The lowest BCUT2D eigenvalue weighted by Gasteiger charge is -2.46. The molecular weight excluding hydrogens is 1180 g/mol. The number of ether oxygens (including phenoxy) is 3. The summed E-state index contributed by atoms with van der Waals surface area (Å²) in [5.74, 6) is 0.456. The number of nitrogens with one attached hydrogen (secondary N) is 1. The number of aryl methyl sites for hydroxylation is 1. The van der Waals surface area contributed by atoms with Crippen molar-refractivity contribution in [1.82, 2.24) is 14.2 Å². The van der Waals surface area contributed by atoms with Gasteiger partial charge in [0.05, 0.1) is 16.4 Å². The Morgan fingerprint density at radius 2 is 1.31 bits per heavy atom. The molecule has 0 spiro atoms. The maximum atomic E-state index is 14.0. The van der Waals surface area contributed by atoms with Crippen molar-refractivity contribution in [3.05, 3.63) is 74.1 Å². The van der Waals surface area contributed by atoms with Crippen molar-refractivity contribution >= 4 is 45.8 Å². The van der Waals surface area contributed by atoms with Gasteiger partial charge in [0, 0.05) is 78.5 Å². The van der Waals surface area contributed by atoms with E-state index < -0.39 is 82.5 Å². The van der Waals surface area contributed by atoms with Crippen molar-refractivity contribution in [1.29, 1.82) is 0 Å². The third-order valence-corrected chi connectivity index (χ3v) is 22.0. The number of piperidine rings is 1. The van der Waals surface area contributed by atoms with E-state index in [9.17, 15) is 40.8 Å². The Labute approximate surface area is 527 Å². The molecule has 0 saturated carbocycles. The Kier molecular flexibility index (Phi) is 28.1. The summed E-state index contributed by atoms with van der Waals surface area (Å²) < 4.78 is 99.9. The van der Waals surface area contributed by atoms with Gasteiger partial charge in [0.15, 0.2) is 6.10 Å². The number of phosphoric ester groups is 1. The quantitative estimate of drug-likeness (QED) is 0.0184. The van der Waals surface area contributed by atoms with E-state index in [1.807, 2.05) is 0 Å². The summed E-state index contributed by atoms with van der Waals surface area (Å²) in [5.41, 5.74) is 6.54. The molecule has 2 aromatic carbocycles. The van der Waals surface area contributed by atoms with Crippen LogP contribution in [-0.4, -0.2) is 102 Å². The van der Waals surface area contributed by atoms with Crippen LogP contribution in [0.25, 0.3) is 5.57 Å². The molecule has 20 heteroatoms. The second-order valence-corrected chi connectivity index (χ2v) is 30.2. The molecule has 8 rings (SSSR count). The Hall–Kier alpha value is -3.78. The lowest BCUT2D eigenvalue weighted by atomic mass is 9.74. The Morgan fingerprint density at radius 1 is 0.727 bits per heavy atom. The number of carbonyl (C=O) groups is 2. The molecule has 0 amide bonds. The number of hydrogen-bond donors (Lipinski definition) is 3. The number of fused-ring (bicyclic) bond motifs is 3. The molecule has 1 saturated heterocycles. The molecule has 0 aromatic heterocycles. The summed E-state index contributed by atoms with van der Waals surface area (Å²) in [5, 5.41) is 1.94. The Bertz CT molecular complexity index is 3070. The minimum absolute atomic E-state index is 0.0189. The van der Waals surface area contributed by atoms with E-state index in [0.29, 0.717) is 30.6 Å². The number of rotatable bonds is 42. The first kappa shape index (κ1) is 70.1. The fraction of sp³-hybridized carbons (Fsp3) is 0.721. The third kappa shape index (κ3) is 20.4. The minimum Gasteiger partial charge on any atom is -0.606 e. The average Bonchev–Trinajstić information content (AvgIpc) is 0.722. The summed E-state index contributed by atoms with van der Waals surface area (Å²) >= 11 is 0. The van der Waals surface area contributed by atoms with Crippen LogP contribution < -0.4 is 29.5 Å². The normalized spacial score (nSPS) is 18.3. The van der Waals surface area contributed by atoms with Crippen molar-refractivity contribution in [2.24, 2.45) is 5.92 Å². The molecular formula is C68H105N3O14PS2+. The molecule has 492 valence electrons. The zero-order valence-corrected chi connectivity index (χ0v) is 55.8. The van der Waals surface area contributed by atoms with Crippen LogP contribution in [0.2, 0.25) is 0 Å². The highest BCUT2D eigenvalue weighted by atomic mass is 32.2. The number of esters is 2. The fourth-order valence-electron chi connectivity index (χ4n) is 14.2. The number of allylic oxidation sites excluding steroid dienone is 2. The molecule has 17 nitrogen and oxygen atoms in total. The van der Waals surface area contributed by atoms with E-state index in [2.05, 4.69) is 34.1 Å². The smallest absolute Gasteiger partial charge is 0.376 e. The first-order valence-electron chi connectivity index (χ1n) is 34.4. The third-order valence-electron chi connectivity index (χ3n) is 18.7. The van der Waals surface area contributed by atoms with Gasteiger partial charge in [-0.1, -0.05) is 174 Å². The monoisotopic (exact) mass is 1280 g/mol. The predicted molar refractivity (Wildman–Crippen MR) is 343 cm³/mol. The molecule has 1 aliphatic carbocycles. The van der Waals surface area contributed by atoms with E-state index in [1.54, 1.807) is 0 Å². The van der Waals surface area contributed by atoms with Crippen molar-refractivity contribution in [2.45, 2.75) is 267 Å². The van der Waals surface area contributed by atoms with Crippen LogP contribution in [0, 0.1) is 5.92 Å². The fourth-order valence-corrected chi connectivity index (χ4v) is 16.8. The van der Waals surface area contributed by atoms with Crippen molar-refractivity contribution in [3.8, 4) is 5.75 Å². The standard InChI is InChI=1S/C68H104N3O14PS2/c1-3-5-7-9-11-13-15-17-19-21-23-25-27-37-62(72)81-50-54(84-63(73)38-28-26-24-22-20-18-16-14-12-10-8-6-4-2)51-83-86(74,75)82-46-41-69-87(76,77)55-39-40-56(61(49-55)88(78,79)80)64-59-47-52-33-29-42-70-44-31-35-57(65(52)70)67(59)85-68-58-36-32-45-71-43-30-34-53(66(58)71)48-60(64)68/h39-40,47,49,54,58,69H,3-38,41-46,48,50-51H2,1-2H3,(H-,74,75,78,79,80)/p+1/t54-,58?/m1/s1. The predicted octanol–water partition coefficient (Wildman–Crippen LogP) is 12.1. The maximum absolute atomic E-state index is 14.0. The van der Waals surface area contributed by atoms with Crippen molar-refractivity contribution in [3.63, 3.8) is 0 Å². The summed E-state index contributed by atoms with van der Waals surface area (Å²) in [6, 6.07) is 5.84. The number of benzene rings is 2. The molecule has 1 fully saturated rings. The zero-order chi connectivity index (χ0) is 62.4. The summed E-state index contributed by atoms with van der Waals surface area (Å²) in [7, 11) is -14.5. The topological polar surface area (TPSA) is 230 Å². The van der Waals surface area contributed by atoms with Crippen LogP contribution in [0.5, 0.6) is 5.75 Å². The van der Waals surface area contributed by atoms with Gasteiger partial charge in [0.25, 0.3) is 10.1 Å². The molecule has 0 bridgehead atoms. The number of unbranched alkanes of at least 4 members (excludes halogenated alkanes) is 24. The Balaban J connectivity index is 0.868. The number of sulfonamides is 1. The van der Waals surface area contributed by atoms with Gasteiger partial charge in [-0.2, -0.15) is 22.4 Å². The second kappa shape index (κ2) is 35.3. The van der Waals surface area contributed by atoms with Gasteiger partial charge in [-0.25, -0.2) is 17.7 Å². The highest BCUT2D eigenvalue weighted by Gasteiger charge is 2.43. The van der Waals surface area contributed by atoms with E-state index >= 15 is 0 Å². The highest BCUT2D eigenvalue weighted by Crippen LogP contribution is 2.51.